The first-order valence-corrected chi connectivity index (χ1v) is 10.8. The molecule has 0 radical (unpaired) electrons. The number of thioether (sulfide) groups is 1. The number of nitrogens with zero attached hydrogens (tertiary/aromatic N) is 1. The zero-order chi connectivity index (χ0) is 18.4. The molecule has 1 atom stereocenters. The van der Waals surface area contributed by atoms with Crippen LogP contribution in [0.2, 0.25) is 0 Å². The molecule has 1 aromatic heterocycles. The molecule has 0 bridgehead atoms. The molecule has 2 aromatic rings. The van der Waals surface area contributed by atoms with Gasteiger partial charge in [0.25, 0.3) is 0 Å². The molecule has 0 spiro atoms. The molecular weight excluding hydrogens is 366 g/mol. The van der Waals surface area contributed by atoms with Gasteiger partial charge in [-0.3, -0.25) is 14.5 Å². The smallest absolute Gasteiger partial charge is 0.313 e. The van der Waals surface area contributed by atoms with Crippen molar-refractivity contribution in [1.82, 2.24) is 10.2 Å². The summed E-state index contributed by atoms with van der Waals surface area (Å²) in [5, 5.41) is 9.68. The van der Waals surface area contributed by atoms with Crippen LogP contribution in [0.4, 0.5) is 5.69 Å². The second-order valence-electron chi connectivity index (χ2n) is 6.18. The van der Waals surface area contributed by atoms with Crippen molar-refractivity contribution >= 4 is 40.6 Å². The van der Waals surface area contributed by atoms with E-state index in [0.717, 1.165) is 18.0 Å². The van der Waals surface area contributed by atoms with Crippen LogP contribution in [0.25, 0.3) is 0 Å². The molecule has 5 nitrogen and oxygen atoms in total. The summed E-state index contributed by atoms with van der Waals surface area (Å²) in [5.74, 6) is -1.22. The summed E-state index contributed by atoms with van der Waals surface area (Å²) in [5.41, 5.74) is 1.86. The Hall–Kier alpha value is -1.83. The van der Waals surface area contributed by atoms with Crippen LogP contribution < -0.4 is 10.6 Å². The summed E-state index contributed by atoms with van der Waals surface area (Å²) in [4.78, 5) is 27.9. The van der Waals surface area contributed by atoms with Gasteiger partial charge in [-0.2, -0.15) is 11.3 Å². The van der Waals surface area contributed by atoms with E-state index in [9.17, 15) is 9.59 Å². The van der Waals surface area contributed by atoms with Gasteiger partial charge in [-0.1, -0.05) is 12.1 Å². The third-order valence-electron chi connectivity index (χ3n) is 4.53. The van der Waals surface area contributed by atoms with Gasteiger partial charge in [0.1, 0.15) is 0 Å². The molecule has 1 saturated heterocycles. The number of amides is 2. The summed E-state index contributed by atoms with van der Waals surface area (Å²) >= 11 is 3.18. The molecule has 2 amide bonds. The fourth-order valence-corrected chi connectivity index (χ4v) is 4.43. The molecule has 3 rings (SSSR count). The maximum absolute atomic E-state index is 12.3. The highest BCUT2D eigenvalue weighted by atomic mass is 32.2. The van der Waals surface area contributed by atoms with Gasteiger partial charge in [-0.25, -0.2) is 0 Å². The molecule has 1 aliphatic heterocycles. The summed E-state index contributed by atoms with van der Waals surface area (Å²) in [6, 6.07) is 9.68. The molecule has 1 aliphatic rings. The number of likely N-dealkylation sites (tertiary alicyclic amines) is 1. The number of hydrogen-bond acceptors (Lipinski definition) is 5. The van der Waals surface area contributed by atoms with Crippen molar-refractivity contribution in [1.29, 1.82) is 0 Å². The Labute approximate surface area is 162 Å². The third kappa shape index (κ3) is 4.66. The van der Waals surface area contributed by atoms with Crippen molar-refractivity contribution in [3.8, 4) is 0 Å². The minimum atomic E-state index is -0.628. The normalized spacial score (nSPS) is 15.6. The van der Waals surface area contributed by atoms with E-state index < -0.39 is 11.8 Å². The maximum Gasteiger partial charge on any atom is 0.313 e. The Morgan fingerprint density at radius 2 is 1.96 bits per heavy atom. The number of anilines is 1. The molecule has 0 saturated carbocycles. The lowest BCUT2D eigenvalue weighted by Crippen LogP contribution is -2.41. The first kappa shape index (κ1) is 18.9. The van der Waals surface area contributed by atoms with Gasteiger partial charge in [-0.15, -0.1) is 11.8 Å². The SMILES string of the molecule is CSc1ccccc1NC(=O)C(=O)NCC(c1ccsc1)N1CCCC1. The Morgan fingerprint density at radius 1 is 1.19 bits per heavy atom. The van der Waals surface area contributed by atoms with Crippen LogP contribution in [0.5, 0.6) is 0 Å². The summed E-state index contributed by atoms with van der Waals surface area (Å²) in [6.45, 7) is 2.50. The lowest BCUT2D eigenvalue weighted by Gasteiger charge is -2.27. The van der Waals surface area contributed by atoms with E-state index in [2.05, 4.69) is 27.0 Å². The van der Waals surface area contributed by atoms with Gasteiger partial charge in [0, 0.05) is 11.4 Å². The third-order valence-corrected chi connectivity index (χ3v) is 6.02. The molecule has 1 unspecified atom stereocenters. The lowest BCUT2D eigenvalue weighted by atomic mass is 10.1. The number of carbonyl (C=O) groups excluding carboxylic acids is 2. The molecule has 1 fully saturated rings. The van der Waals surface area contributed by atoms with Crippen molar-refractivity contribution < 1.29 is 9.59 Å². The van der Waals surface area contributed by atoms with Crippen LogP contribution in [-0.4, -0.2) is 42.6 Å². The largest absolute Gasteiger partial charge is 0.346 e. The van der Waals surface area contributed by atoms with Crippen LogP contribution in [-0.2, 0) is 9.59 Å². The topological polar surface area (TPSA) is 61.4 Å². The maximum atomic E-state index is 12.3. The van der Waals surface area contributed by atoms with Crippen molar-refractivity contribution in [2.24, 2.45) is 0 Å². The fraction of sp³-hybridized carbons (Fsp3) is 0.368. The highest BCUT2D eigenvalue weighted by Crippen LogP contribution is 2.26. The predicted molar refractivity (Wildman–Crippen MR) is 108 cm³/mol. The lowest BCUT2D eigenvalue weighted by molar-refractivity contribution is -0.136. The molecule has 2 heterocycles. The summed E-state index contributed by atoms with van der Waals surface area (Å²) in [7, 11) is 0. The Morgan fingerprint density at radius 3 is 2.65 bits per heavy atom. The van der Waals surface area contributed by atoms with Gasteiger partial charge in [-0.05, 0) is 66.7 Å². The molecule has 2 N–H and O–H groups in total. The average molecular weight is 390 g/mol. The number of para-hydroxylation sites is 1. The number of carbonyl (C=O) groups is 2. The molecule has 26 heavy (non-hydrogen) atoms. The highest BCUT2D eigenvalue weighted by Gasteiger charge is 2.25. The van der Waals surface area contributed by atoms with Crippen LogP contribution >= 0.6 is 23.1 Å². The van der Waals surface area contributed by atoms with Crippen LogP contribution in [0.15, 0.2) is 46.0 Å². The Bertz CT molecular complexity index is 743. The predicted octanol–water partition coefficient (Wildman–Crippen LogP) is 3.36. The zero-order valence-corrected chi connectivity index (χ0v) is 16.4. The first-order chi connectivity index (χ1) is 12.7. The van der Waals surface area contributed by atoms with Gasteiger partial charge in [0.05, 0.1) is 11.7 Å². The molecule has 7 heteroatoms. The average Bonchev–Trinajstić information content (AvgIpc) is 3.36. The van der Waals surface area contributed by atoms with E-state index in [1.807, 2.05) is 29.8 Å². The second-order valence-corrected chi connectivity index (χ2v) is 7.81. The number of hydrogen-bond donors (Lipinski definition) is 2. The van der Waals surface area contributed by atoms with Crippen molar-refractivity contribution in [3.63, 3.8) is 0 Å². The van der Waals surface area contributed by atoms with E-state index in [4.69, 9.17) is 0 Å². The quantitative estimate of drug-likeness (QED) is 0.587. The van der Waals surface area contributed by atoms with Crippen molar-refractivity contribution in [3.05, 3.63) is 46.7 Å². The van der Waals surface area contributed by atoms with Crippen molar-refractivity contribution in [2.45, 2.75) is 23.8 Å². The monoisotopic (exact) mass is 389 g/mol. The first-order valence-electron chi connectivity index (χ1n) is 8.67. The van der Waals surface area contributed by atoms with Gasteiger partial charge in [0.2, 0.25) is 0 Å². The standard InChI is InChI=1S/C19H23N3O2S2/c1-25-17-7-3-2-6-15(17)21-19(24)18(23)20-12-16(14-8-11-26-13-14)22-9-4-5-10-22/h2-3,6-8,11,13,16H,4-5,9-10,12H2,1H3,(H,20,23)(H,21,24). The zero-order valence-electron chi connectivity index (χ0n) is 14.7. The summed E-state index contributed by atoms with van der Waals surface area (Å²) < 4.78 is 0. The summed E-state index contributed by atoms with van der Waals surface area (Å²) in [6.07, 6.45) is 4.30. The van der Waals surface area contributed by atoms with Gasteiger partial charge >= 0.3 is 11.8 Å². The Balaban J connectivity index is 1.60. The van der Waals surface area contributed by atoms with E-state index >= 15 is 0 Å². The number of nitrogens with one attached hydrogen (secondary N) is 2. The fourth-order valence-electron chi connectivity index (χ4n) is 3.17. The minimum Gasteiger partial charge on any atom is -0.346 e. The van der Waals surface area contributed by atoms with E-state index in [1.165, 1.54) is 30.2 Å². The van der Waals surface area contributed by atoms with E-state index in [-0.39, 0.29) is 6.04 Å². The van der Waals surface area contributed by atoms with Crippen LogP contribution in [0, 0.1) is 0 Å². The van der Waals surface area contributed by atoms with Crippen molar-refractivity contribution in [2.75, 3.05) is 31.2 Å². The number of rotatable bonds is 6. The minimum absolute atomic E-state index is 0.124. The van der Waals surface area contributed by atoms with Gasteiger partial charge < -0.3 is 10.6 Å². The molecule has 1 aromatic carbocycles. The Kier molecular flexibility index (Phi) is 6.71. The molecule has 0 aliphatic carbocycles. The van der Waals surface area contributed by atoms with E-state index in [1.54, 1.807) is 17.4 Å². The number of thiophene rings is 1. The van der Waals surface area contributed by atoms with Gasteiger partial charge in [0.15, 0.2) is 0 Å². The molecule has 138 valence electrons. The second kappa shape index (κ2) is 9.21. The van der Waals surface area contributed by atoms with E-state index in [0.29, 0.717) is 12.2 Å². The molecular formula is C19H23N3O2S2. The van der Waals surface area contributed by atoms with Crippen LogP contribution in [0.1, 0.15) is 24.4 Å². The van der Waals surface area contributed by atoms with Crippen LogP contribution in [0.3, 0.4) is 0 Å². The number of benzene rings is 1. The highest BCUT2D eigenvalue weighted by molar-refractivity contribution is 7.98.